The highest BCUT2D eigenvalue weighted by Crippen LogP contribution is 2.17. The molecule has 2 amide bonds. The van der Waals surface area contributed by atoms with Crippen LogP contribution in [0.1, 0.15) is 13.8 Å². The first-order valence-corrected chi connectivity index (χ1v) is 5.91. The summed E-state index contributed by atoms with van der Waals surface area (Å²) in [5.74, 6) is 0.703. The molecule has 5 heteroatoms. The molecule has 0 fully saturated rings. The average molecular weight is 252 g/mol. The summed E-state index contributed by atoms with van der Waals surface area (Å²) < 4.78 is 10.4. The Bertz CT molecular complexity index is 380. The number of anilines is 1. The van der Waals surface area contributed by atoms with Crippen LogP contribution in [-0.4, -0.2) is 32.4 Å². The van der Waals surface area contributed by atoms with Crippen molar-refractivity contribution < 1.29 is 14.3 Å². The normalized spacial score (nSPS) is 10.2. The monoisotopic (exact) mass is 252 g/mol. The molecule has 0 spiro atoms. The summed E-state index contributed by atoms with van der Waals surface area (Å²) in [6, 6.07) is 7.12. The van der Waals surface area contributed by atoms with Gasteiger partial charge in [0, 0.05) is 24.9 Å². The number of hydrogen-bond donors (Lipinski definition) is 2. The van der Waals surface area contributed by atoms with Crippen LogP contribution in [0.5, 0.6) is 5.75 Å². The maximum absolute atomic E-state index is 11.5. The van der Waals surface area contributed by atoms with Crippen LogP contribution < -0.4 is 15.4 Å². The van der Waals surface area contributed by atoms with Crippen molar-refractivity contribution in [3.63, 3.8) is 0 Å². The van der Waals surface area contributed by atoms with E-state index in [1.807, 2.05) is 32.0 Å². The predicted molar refractivity (Wildman–Crippen MR) is 71.1 cm³/mol. The smallest absolute Gasteiger partial charge is 0.319 e. The summed E-state index contributed by atoms with van der Waals surface area (Å²) in [5, 5.41) is 5.49. The first-order valence-electron chi connectivity index (χ1n) is 5.91. The summed E-state index contributed by atoms with van der Waals surface area (Å²) in [6.07, 6.45) is 0. The first-order chi connectivity index (χ1) is 8.61. The molecule has 0 atom stereocenters. The second-order valence-corrected chi connectivity index (χ2v) is 4.12. The fourth-order valence-corrected chi connectivity index (χ4v) is 1.34. The molecule has 0 aliphatic heterocycles. The van der Waals surface area contributed by atoms with Crippen LogP contribution in [-0.2, 0) is 4.74 Å². The molecule has 0 saturated heterocycles. The van der Waals surface area contributed by atoms with Gasteiger partial charge in [-0.2, -0.15) is 0 Å². The van der Waals surface area contributed by atoms with Crippen LogP contribution >= 0.6 is 0 Å². The Morgan fingerprint density at radius 1 is 1.33 bits per heavy atom. The molecular formula is C13H20N2O3. The number of methoxy groups -OCH3 is 1. The van der Waals surface area contributed by atoms with Crippen molar-refractivity contribution in [3.05, 3.63) is 24.3 Å². The molecule has 0 radical (unpaired) electrons. The lowest BCUT2D eigenvalue weighted by Gasteiger charge is -2.11. The molecule has 100 valence electrons. The fourth-order valence-electron chi connectivity index (χ4n) is 1.34. The topological polar surface area (TPSA) is 59.6 Å². The van der Waals surface area contributed by atoms with Crippen molar-refractivity contribution >= 4 is 11.7 Å². The Morgan fingerprint density at radius 3 is 2.78 bits per heavy atom. The van der Waals surface area contributed by atoms with Gasteiger partial charge >= 0.3 is 6.03 Å². The van der Waals surface area contributed by atoms with Crippen molar-refractivity contribution in [2.24, 2.45) is 0 Å². The Kier molecular flexibility index (Phi) is 6.00. The number of carbonyl (C=O) groups excluding carboxylic acids is 1. The van der Waals surface area contributed by atoms with E-state index in [2.05, 4.69) is 10.6 Å². The second kappa shape index (κ2) is 7.55. The number of ether oxygens (including phenoxy) is 2. The van der Waals surface area contributed by atoms with Crippen molar-refractivity contribution in [2.45, 2.75) is 19.9 Å². The number of amides is 2. The Morgan fingerprint density at radius 2 is 2.11 bits per heavy atom. The van der Waals surface area contributed by atoms with Gasteiger partial charge in [0.25, 0.3) is 0 Å². The number of carbonyl (C=O) groups is 1. The standard InChI is InChI=1S/C13H20N2O3/c1-10(2)14-13(16)15-11-5-4-6-12(9-11)18-8-7-17-3/h4-6,9-10H,7-8H2,1-3H3,(H2,14,15,16). The van der Waals surface area contributed by atoms with Crippen molar-refractivity contribution in [2.75, 3.05) is 25.6 Å². The van der Waals surface area contributed by atoms with Crippen LogP contribution in [0.4, 0.5) is 10.5 Å². The third kappa shape index (κ3) is 5.54. The van der Waals surface area contributed by atoms with Crippen LogP contribution in [0.15, 0.2) is 24.3 Å². The zero-order valence-corrected chi connectivity index (χ0v) is 11.0. The molecule has 2 N–H and O–H groups in total. The fraction of sp³-hybridized carbons (Fsp3) is 0.462. The molecule has 0 bridgehead atoms. The van der Waals surface area contributed by atoms with Crippen LogP contribution in [0.25, 0.3) is 0 Å². The van der Waals surface area contributed by atoms with Crippen molar-refractivity contribution in [1.29, 1.82) is 0 Å². The van der Waals surface area contributed by atoms with E-state index in [-0.39, 0.29) is 12.1 Å². The van der Waals surface area contributed by atoms with E-state index in [0.717, 1.165) is 0 Å². The lowest BCUT2D eigenvalue weighted by molar-refractivity contribution is 0.146. The zero-order valence-electron chi connectivity index (χ0n) is 11.0. The Hall–Kier alpha value is -1.75. The number of hydrogen-bond acceptors (Lipinski definition) is 3. The average Bonchev–Trinajstić information content (AvgIpc) is 2.28. The molecule has 0 aliphatic rings. The summed E-state index contributed by atoms with van der Waals surface area (Å²) in [7, 11) is 1.62. The van der Waals surface area contributed by atoms with Gasteiger partial charge in [-0.15, -0.1) is 0 Å². The number of rotatable bonds is 6. The highest BCUT2D eigenvalue weighted by molar-refractivity contribution is 5.89. The van der Waals surface area contributed by atoms with E-state index in [4.69, 9.17) is 9.47 Å². The quantitative estimate of drug-likeness (QED) is 0.763. The van der Waals surface area contributed by atoms with Crippen LogP contribution in [0.2, 0.25) is 0 Å². The van der Waals surface area contributed by atoms with Crippen LogP contribution in [0, 0.1) is 0 Å². The van der Waals surface area contributed by atoms with Crippen molar-refractivity contribution in [1.82, 2.24) is 5.32 Å². The lowest BCUT2D eigenvalue weighted by Crippen LogP contribution is -2.34. The van der Waals surface area contributed by atoms with Gasteiger partial charge in [0.2, 0.25) is 0 Å². The number of benzene rings is 1. The maximum Gasteiger partial charge on any atom is 0.319 e. The van der Waals surface area contributed by atoms with Gasteiger partial charge in [-0.25, -0.2) is 4.79 Å². The molecule has 1 aromatic carbocycles. The summed E-state index contributed by atoms with van der Waals surface area (Å²) >= 11 is 0. The summed E-state index contributed by atoms with van der Waals surface area (Å²) in [4.78, 5) is 11.5. The largest absolute Gasteiger partial charge is 0.491 e. The molecular weight excluding hydrogens is 232 g/mol. The lowest BCUT2D eigenvalue weighted by atomic mass is 10.3. The number of urea groups is 1. The molecule has 1 rings (SSSR count). The minimum absolute atomic E-state index is 0.103. The summed E-state index contributed by atoms with van der Waals surface area (Å²) in [6.45, 7) is 4.83. The molecule has 0 unspecified atom stereocenters. The second-order valence-electron chi connectivity index (χ2n) is 4.12. The third-order valence-corrected chi connectivity index (χ3v) is 2.07. The molecule has 1 aromatic rings. The highest BCUT2D eigenvalue weighted by atomic mass is 16.5. The Labute approximate surface area is 107 Å². The van der Waals surface area contributed by atoms with Gasteiger partial charge in [0.05, 0.1) is 6.61 Å². The van der Waals surface area contributed by atoms with Crippen LogP contribution in [0.3, 0.4) is 0 Å². The van der Waals surface area contributed by atoms with Gasteiger partial charge in [-0.3, -0.25) is 0 Å². The molecule has 5 nitrogen and oxygen atoms in total. The first kappa shape index (κ1) is 14.3. The van der Waals surface area contributed by atoms with E-state index in [9.17, 15) is 4.79 Å². The number of nitrogens with one attached hydrogen (secondary N) is 2. The van der Waals surface area contributed by atoms with Gasteiger partial charge in [0.1, 0.15) is 12.4 Å². The predicted octanol–water partition coefficient (Wildman–Crippen LogP) is 2.24. The van der Waals surface area contributed by atoms with E-state index >= 15 is 0 Å². The van der Waals surface area contributed by atoms with Gasteiger partial charge in [-0.05, 0) is 26.0 Å². The SMILES string of the molecule is COCCOc1cccc(NC(=O)NC(C)C)c1. The van der Waals surface area contributed by atoms with Gasteiger partial charge in [0.15, 0.2) is 0 Å². The van der Waals surface area contributed by atoms with Gasteiger partial charge < -0.3 is 20.1 Å². The molecule has 0 saturated carbocycles. The molecule has 0 heterocycles. The summed E-state index contributed by atoms with van der Waals surface area (Å²) in [5.41, 5.74) is 0.697. The minimum Gasteiger partial charge on any atom is -0.491 e. The Balaban J connectivity index is 2.51. The van der Waals surface area contributed by atoms with E-state index in [1.54, 1.807) is 13.2 Å². The van der Waals surface area contributed by atoms with E-state index < -0.39 is 0 Å². The van der Waals surface area contributed by atoms with E-state index in [1.165, 1.54) is 0 Å². The van der Waals surface area contributed by atoms with E-state index in [0.29, 0.717) is 24.7 Å². The minimum atomic E-state index is -0.223. The van der Waals surface area contributed by atoms with Crippen molar-refractivity contribution in [3.8, 4) is 5.75 Å². The highest BCUT2D eigenvalue weighted by Gasteiger charge is 2.04. The molecule has 0 aliphatic carbocycles. The zero-order chi connectivity index (χ0) is 13.4. The maximum atomic E-state index is 11.5. The molecule has 18 heavy (non-hydrogen) atoms. The molecule has 0 aromatic heterocycles. The van der Waals surface area contributed by atoms with Gasteiger partial charge in [-0.1, -0.05) is 6.07 Å². The third-order valence-electron chi connectivity index (χ3n) is 2.07.